The fourth-order valence-corrected chi connectivity index (χ4v) is 3.23. The van der Waals surface area contributed by atoms with Crippen LogP contribution in [0.25, 0.3) is 0 Å². The van der Waals surface area contributed by atoms with Crippen molar-refractivity contribution in [2.75, 3.05) is 18.8 Å². The van der Waals surface area contributed by atoms with Crippen LogP contribution in [0.2, 0.25) is 0 Å². The molecule has 24 heavy (non-hydrogen) atoms. The van der Waals surface area contributed by atoms with E-state index in [0.717, 1.165) is 33.5 Å². The third-order valence-corrected chi connectivity index (χ3v) is 4.71. The van der Waals surface area contributed by atoms with Gasteiger partial charge < -0.3 is 10.6 Å². The summed E-state index contributed by atoms with van der Waals surface area (Å²) in [5, 5.41) is 0. The molecule has 0 spiro atoms. The first-order valence-corrected chi connectivity index (χ1v) is 7.89. The molecule has 1 atom stereocenters. The molecule has 0 bridgehead atoms. The third kappa shape index (κ3) is 2.67. The summed E-state index contributed by atoms with van der Waals surface area (Å²) >= 11 is 0. The predicted octanol–water partition coefficient (Wildman–Crippen LogP) is -1.51. The average Bonchev–Trinajstić information content (AvgIpc) is 2.58. The van der Waals surface area contributed by atoms with E-state index < -0.39 is 11.2 Å². The van der Waals surface area contributed by atoms with Crippen molar-refractivity contribution >= 4 is 11.6 Å². The Morgan fingerprint density at radius 3 is 2.54 bits per heavy atom. The van der Waals surface area contributed by atoms with E-state index in [4.69, 9.17) is 5.73 Å². The largest absolute Gasteiger partial charge is 0.384 e. The highest BCUT2D eigenvalue weighted by atomic mass is 16.2. The molecule has 0 saturated heterocycles. The predicted molar refractivity (Wildman–Crippen MR) is 90.2 cm³/mol. The Kier molecular flexibility index (Phi) is 4.11. The summed E-state index contributed by atoms with van der Waals surface area (Å²) in [6, 6.07) is 8.18. The van der Waals surface area contributed by atoms with E-state index in [1.807, 2.05) is 12.1 Å². The minimum atomic E-state index is -0.627. The second-order valence-corrected chi connectivity index (χ2v) is 6.26. The number of nitrogen functional groups attached to an aromatic ring is 1. The molecule has 1 aromatic heterocycles. The van der Waals surface area contributed by atoms with E-state index >= 15 is 0 Å². The van der Waals surface area contributed by atoms with Crippen molar-refractivity contribution in [1.82, 2.24) is 9.13 Å². The lowest BCUT2D eigenvalue weighted by molar-refractivity contribution is -0.907. The highest BCUT2D eigenvalue weighted by Crippen LogP contribution is 2.10. The normalized spacial score (nSPS) is 16.7. The summed E-state index contributed by atoms with van der Waals surface area (Å²) in [5.41, 5.74) is 7.14. The smallest absolute Gasteiger partial charge is 0.332 e. The van der Waals surface area contributed by atoms with Gasteiger partial charge >= 0.3 is 5.69 Å². The number of aromatic nitrogens is 2. The molecule has 0 saturated carbocycles. The van der Waals surface area contributed by atoms with Crippen molar-refractivity contribution in [3.63, 3.8) is 0 Å². The van der Waals surface area contributed by atoms with E-state index in [0.29, 0.717) is 0 Å². The fourth-order valence-electron chi connectivity index (χ4n) is 3.23. The minimum absolute atomic E-state index is 0.0649. The number of quaternary nitrogens is 1. The number of ketones is 1. The third-order valence-electron chi connectivity index (χ3n) is 4.71. The van der Waals surface area contributed by atoms with Gasteiger partial charge in [0.2, 0.25) is 5.78 Å². The first-order chi connectivity index (χ1) is 11.4. The van der Waals surface area contributed by atoms with Crippen LogP contribution < -0.4 is 21.9 Å². The summed E-state index contributed by atoms with van der Waals surface area (Å²) in [7, 11) is 2.81. The maximum absolute atomic E-state index is 12.7. The van der Waals surface area contributed by atoms with Gasteiger partial charge in [-0.2, -0.15) is 0 Å². The highest BCUT2D eigenvalue weighted by Gasteiger charge is 2.26. The van der Waals surface area contributed by atoms with Crippen LogP contribution >= 0.6 is 0 Å². The van der Waals surface area contributed by atoms with Gasteiger partial charge in [0.05, 0.1) is 6.54 Å². The molecular weight excluding hydrogens is 308 g/mol. The molecule has 1 unspecified atom stereocenters. The number of hydrogen-bond acceptors (Lipinski definition) is 4. The molecule has 0 amide bonds. The number of hydrogen-bond donors (Lipinski definition) is 2. The zero-order chi connectivity index (χ0) is 17.4. The Hall–Kier alpha value is -2.67. The second kappa shape index (κ2) is 6.09. The lowest BCUT2D eigenvalue weighted by Gasteiger charge is -2.25. The number of nitrogens with two attached hydrogens (primary N) is 1. The number of fused-ring (bicyclic) bond motifs is 1. The van der Waals surface area contributed by atoms with Gasteiger partial charge in [0.1, 0.15) is 24.5 Å². The maximum atomic E-state index is 12.7. The van der Waals surface area contributed by atoms with Gasteiger partial charge in [-0.1, -0.05) is 24.3 Å². The van der Waals surface area contributed by atoms with Gasteiger partial charge in [0.25, 0.3) is 5.56 Å². The highest BCUT2D eigenvalue weighted by molar-refractivity contribution is 6.00. The Balaban J connectivity index is 1.87. The van der Waals surface area contributed by atoms with E-state index in [-0.39, 0.29) is 23.7 Å². The van der Waals surface area contributed by atoms with Crippen LogP contribution in [-0.4, -0.2) is 28.0 Å². The SMILES string of the molecule is Cn1c(N)c(C(=O)C[NH+]2CCc3ccccc3C2)c(=O)n(C)c1=O. The van der Waals surface area contributed by atoms with Crippen molar-refractivity contribution in [2.24, 2.45) is 14.1 Å². The van der Waals surface area contributed by atoms with Crippen LogP contribution in [0.1, 0.15) is 21.5 Å². The summed E-state index contributed by atoms with van der Waals surface area (Å²) < 4.78 is 2.06. The first-order valence-electron chi connectivity index (χ1n) is 7.89. The Bertz CT molecular complexity index is 926. The number of benzene rings is 1. The molecule has 0 radical (unpaired) electrons. The van der Waals surface area contributed by atoms with E-state index in [1.165, 1.54) is 25.2 Å². The molecule has 0 fully saturated rings. The van der Waals surface area contributed by atoms with Crippen LogP contribution in [0.15, 0.2) is 33.9 Å². The quantitative estimate of drug-likeness (QED) is 0.670. The zero-order valence-electron chi connectivity index (χ0n) is 13.8. The lowest BCUT2D eigenvalue weighted by atomic mass is 9.99. The van der Waals surface area contributed by atoms with Crippen LogP contribution in [-0.2, 0) is 27.1 Å². The number of nitrogens with zero attached hydrogens (tertiary/aromatic N) is 2. The first kappa shape index (κ1) is 16.2. The van der Waals surface area contributed by atoms with Crippen LogP contribution in [0.4, 0.5) is 5.82 Å². The number of rotatable bonds is 3. The molecule has 0 aliphatic carbocycles. The van der Waals surface area contributed by atoms with Gasteiger partial charge in [-0.15, -0.1) is 0 Å². The minimum Gasteiger partial charge on any atom is -0.384 e. The van der Waals surface area contributed by atoms with Gasteiger partial charge in [-0.3, -0.25) is 18.7 Å². The van der Waals surface area contributed by atoms with Crippen LogP contribution in [0.5, 0.6) is 0 Å². The summed E-state index contributed by atoms with van der Waals surface area (Å²) in [4.78, 5) is 37.9. The standard InChI is InChI=1S/C17H20N4O3/c1-19-15(18)14(16(23)20(2)17(19)24)13(22)10-21-8-7-11-5-3-4-6-12(11)9-21/h3-6H,7-10,18H2,1-2H3/p+1. The molecule has 7 nitrogen and oxygen atoms in total. The molecule has 3 N–H and O–H groups in total. The zero-order valence-corrected chi connectivity index (χ0v) is 13.8. The molecular formula is C17H21N4O3+. The Morgan fingerprint density at radius 2 is 1.83 bits per heavy atom. The van der Waals surface area contributed by atoms with Gasteiger partial charge in [0, 0.05) is 26.1 Å². The summed E-state index contributed by atoms with van der Waals surface area (Å²) in [5.74, 6) is -0.386. The van der Waals surface area contributed by atoms with E-state index in [2.05, 4.69) is 12.1 Å². The molecule has 1 aromatic carbocycles. The monoisotopic (exact) mass is 329 g/mol. The Labute approximate surface area is 138 Å². The molecule has 1 aliphatic rings. The van der Waals surface area contributed by atoms with Crippen molar-refractivity contribution < 1.29 is 9.69 Å². The molecule has 126 valence electrons. The molecule has 7 heteroatoms. The molecule has 1 aliphatic heterocycles. The fraction of sp³-hybridized carbons (Fsp3) is 0.353. The molecule has 2 aromatic rings. The second-order valence-electron chi connectivity index (χ2n) is 6.26. The number of nitrogens with one attached hydrogen (secondary N) is 1. The van der Waals surface area contributed by atoms with Gasteiger partial charge in [-0.05, 0) is 5.56 Å². The van der Waals surface area contributed by atoms with Crippen molar-refractivity contribution in [1.29, 1.82) is 0 Å². The number of Topliss-reactive ketones (excluding diaryl/α,β-unsaturated/α-hetero) is 1. The van der Waals surface area contributed by atoms with Crippen LogP contribution in [0.3, 0.4) is 0 Å². The van der Waals surface area contributed by atoms with Crippen molar-refractivity contribution in [3.8, 4) is 0 Å². The Morgan fingerprint density at radius 1 is 1.17 bits per heavy atom. The molecule has 3 rings (SSSR count). The lowest BCUT2D eigenvalue weighted by Crippen LogP contribution is -3.12. The van der Waals surface area contributed by atoms with Crippen LogP contribution in [0, 0.1) is 0 Å². The van der Waals surface area contributed by atoms with Crippen molar-refractivity contribution in [3.05, 3.63) is 61.8 Å². The van der Waals surface area contributed by atoms with Gasteiger partial charge in [-0.25, -0.2) is 4.79 Å². The topological polar surface area (TPSA) is 91.5 Å². The van der Waals surface area contributed by atoms with E-state index in [9.17, 15) is 14.4 Å². The average molecular weight is 329 g/mol. The van der Waals surface area contributed by atoms with E-state index in [1.54, 1.807) is 0 Å². The number of anilines is 1. The van der Waals surface area contributed by atoms with Crippen molar-refractivity contribution in [2.45, 2.75) is 13.0 Å². The molecule has 2 heterocycles. The number of carbonyl (C=O) groups excluding carboxylic acids is 1. The summed E-state index contributed by atoms with van der Waals surface area (Å²) in [6.45, 7) is 1.76. The number of carbonyl (C=O) groups is 1. The summed E-state index contributed by atoms with van der Waals surface area (Å²) in [6.07, 6.45) is 0.902. The maximum Gasteiger partial charge on any atom is 0.332 e. The van der Waals surface area contributed by atoms with Gasteiger partial charge in [0.15, 0.2) is 0 Å².